The quantitative estimate of drug-likeness (QED) is 0.905. The Morgan fingerprint density at radius 1 is 1.29 bits per heavy atom. The molecule has 0 saturated carbocycles. The van der Waals surface area contributed by atoms with Crippen LogP contribution in [-0.2, 0) is 0 Å². The third-order valence-corrected chi connectivity index (χ3v) is 4.48. The molecule has 5 nitrogen and oxygen atoms in total. The van der Waals surface area contributed by atoms with Crippen molar-refractivity contribution < 1.29 is 5.11 Å². The molecule has 2 aliphatic rings. The number of aliphatic hydroxyl groups is 1. The van der Waals surface area contributed by atoms with Crippen LogP contribution in [-0.4, -0.2) is 53.8 Å². The highest BCUT2D eigenvalue weighted by Crippen LogP contribution is 2.23. The maximum Gasteiger partial charge on any atom is 0.128 e. The third kappa shape index (κ3) is 3.52. The number of β-amino-alcohol motifs (C(OH)–C–C–N with tert-alkyl or cyclic N) is 1. The molecule has 0 aromatic carbocycles. The SMILES string of the molecule is N#Cc1ccc(N2CCC[C@@H](CN3CC[C@@H](O)C3)C2)nc1. The smallest absolute Gasteiger partial charge is 0.128 e. The van der Waals surface area contributed by atoms with Gasteiger partial charge in [-0.3, -0.25) is 0 Å². The average molecular weight is 286 g/mol. The number of anilines is 1. The van der Waals surface area contributed by atoms with Gasteiger partial charge < -0.3 is 14.9 Å². The lowest BCUT2D eigenvalue weighted by Gasteiger charge is -2.35. The van der Waals surface area contributed by atoms with E-state index in [4.69, 9.17) is 5.26 Å². The van der Waals surface area contributed by atoms with Gasteiger partial charge in [0.05, 0.1) is 11.7 Å². The average Bonchev–Trinajstić information content (AvgIpc) is 2.93. The van der Waals surface area contributed by atoms with Crippen molar-refractivity contribution in [1.29, 1.82) is 5.26 Å². The summed E-state index contributed by atoms with van der Waals surface area (Å²) in [4.78, 5) is 9.10. The third-order valence-electron chi connectivity index (χ3n) is 4.48. The molecule has 0 unspecified atom stereocenters. The minimum Gasteiger partial charge on any atom is -0.392 e. The second-order valence-electron chi connectivity index (χ2n) is 6.17. The van der Waals surface area contributed by atoms with Crippen LogP contribution in [0.3, 0.4) is 0 Å². The van der Waals surface area contributed by atoms with Crippen molar-refractivity contribution in [2.24, 2.45) is 5.92 Å². The van der Waals surface area contributed by atoms with Crippen LogP contribution in [0.2, 0.25) is 0 Å². The van der Waals surface area contributed by atoms with E-state index in [2.05, 4.69) is 20.9 Å². The molecule has 2 atom stereocenters. The van der Waals surface area contributed by atoms with Crippen LogP contribution in [0.25, 0.3) is 0 Å². The first-order chi connectivity index (χ1) is 10.2. The number of likely N-dealkylation sites (tertiary alicyclic amines) is 1. The highest BCUT2D eigenvalue weighted by molar-refractivity contribution is 5.42. The topological polar surface area (TPSA) is 63.4 Å². The Bertz CT molecular complexity index is 510. The fourth-order valence-electron chi connectivity index (χ4n) is 3.40. The second-order valence-corrected chi connectivity index (χ2v) is 6.17. The number of hydrogen-bond donors (Lipinski definition) is 1. The number of nitrogens with zero attached hydrogens (tertiary/aromatic N) is 4. The lowest BCUT2D eigenvalue weighted by Crippen LogP contribution is -2.41. The molecule has 3 rings (SSSR count). The molecule has 21 heavy (non-hydrogen) atoms. The highest BCUT2D eigenvalue weighted by Gasteiger charge is 2.26. The van der Waals surface area contributed by atoms with E-state index in [1.54, 1.807) is 6.20 Å². The molecule has 1 aromatic rings. The van der Waals surface area contributed by atoms with Gasteiger partial charge in [-0.1, -0.05) is 0 Å². The molecule has 0 bridgehead atoms. The van der Waals surface area contributed by atoms with Gasteiger partial charge in [0.1, 0.15) is 11.9 Å². The lowest BCUT2D eigenvalue weighted by molar-refractivity contribution is 0.167. The molecule has 5 heteroatoms. The van der Waals surface area contributed by atoms with E-state index in [1.807, 2.05) is 12.1 Å². The van der Waals surface area contributed by atoms with Crippen LogP contribution in [0.5, 0.6) is 0 Å². The van der Waals surface area contributed by atoms with E-state index < -0.39 is 0 Å². The Balaban J connectivity index is 1.58. The first-order valence-corrected chi connectivity index (χ1v) is 7.76. The molecule has 2 saturated heterocycles. The molecular formula is C16H22N4O. The summed E-state index contributed by atoms with van der Waals surface area (Å²) in [6, 6.07) is 5.89. The first kappa shape index (κ1) is 14.3. The van der Waals surface area contributed by atoms with Gasteiger partial charge >= 0.3 is 0 Å². The van der Waals surface area contributed by atoms with Crippen LogP contribution in [0.1, 0.15) is 24.8 Å². The number of nitriles is 1. The monoisotopic (exact) mass is 286 g/mol. The predicted molar refractivity (Wildman–Crippen MR) is 81.0 cm³/mol. The zero-order valence-corrected chi connectivity index (χ0v) is 12.3. The number of piperidine rings is 1. The molecule has 0 amide bonds. The highest BCUT2D eigenvalue weighted by atomic mass is 16.3. The molecule has 0 spiro atoms. The summed E-state index contributed by atoms with van der Waals surface area (Å²) in [5.41, 5.74) is 0.610. The van der Waals surface area contributed by atoms with Crippen molar-refractivity contribution >= 4 is 5.82 Å². The Labute approximate surface area is 125 Å². The molecule has 112 valence electrons. The summed E-state index contributed by atoms with van der Waals surface area (Å²) in [7, 11) is 0. The summed E-state index contributed by atoms with van der Waals surface area (Å²) >= 11 is 0. The van der Waals surface area contributed by atoms with Gasteiger partial charge in [0.2, 0.25) is 0 Å². The first-order valence-electron chi connectivity index (χ1n) is 7.76. The number of rotatable bonds is 3. The van der Waals surface area contributed by atoms with Gasteiger partial charge in [0.15, 0.2) is 0 Å². The Morgan fingerprint density at radius 2 is 2.19 bits per heavy atom. The van der Waals surface area contributed by atoms with Gasteiger partial charge in [0, 0.05) is 38.9 Å². The van der Waals surface area contributed by atoms with E-state index in [1.165, 1.54) is 12.8 Å². The molecular weight excluding hydrogens is 264 g/mol. The van der Waals surface area contributed by atoms with Crippen LogP contribution >= 0.6 is 0 Å². The van der Waals surface area contributed by atoms with Gasteiger partial charge in [-0.15, -0.1) is 0 Å². The standard InChI is InChI=1S/C16H22N4O/c17-8-13-3-4-16(18-9-13)20-6-1-2-14(11-20)10-19-7-5-15(21)12-19/h3-4,9,14-15,21H,1-2,5-7,10-12H2/t14-,15+/m0/s1. The van der Waals surface area contributed by atoms with Gasteiger partial charge in [-0.05, 0) is 37.3 Å². The summed E-state index contributed by atoms with van der Waals surface area (Å²) < 4.78 is 0. The summed E-state index contributed by atoms with van der Waals surface area (Å²) in [6.07, 6.45) is 4.86. The summed E-state index contributed by atoms with van der Waals surface area (Å²) in [5, 5.41) is 18.5. The largest absolute Gasteiger partial charge is 0.392 e. The van der Waals surface area contributed by atoms with Gasteiger partial charge in [-0.25, -0.2) is 4.98 Å². The van der Waals surface area contributed by atoms with Gasteiger partial charge in [0.25, 0.3) is 0 Å². The number of aliphatic hydroxyl groups excluding tert-OH is 1. The fourth-order valence-corrected chi connectivity index (χ4v) is 3.40. The maximum absolute atomic E-state index is 9.62. The predicted octanol–water partition coefficient (Wildman–Crippen LogP) is 1.24. The Morgan fingerprint density at radius 3 is 2.86 bits per heavy atom. The Kier molecular flexibility index (Phi) is 4.37. The lowest BCUT2D eigenvalue weighted by atomic mass is 9.97. The van der Waals surface area contributed by atoms with Crippen LogP contribution < -0.4 is 4.90 Å². The van der Waals surface area contributed by atoms with Crippen molar-refractivity contribution in [3.63, 3.8) is 0 Å². The fraction of sp³-hybridized carbons (Fsp3) is 0.625. The molecule has 2 fully saturated rings. The normalized spacial score (nSPS) is 26.8. The number of pyridine rings is 1. The maximum atomic E-state index is 9.62. The van der Waals surface area contributed by atoms with Crippen molar-refractivity contribution in [3.8, 4) is 6.07 Å². The van der Waals surface area contributed by atoms with E-state index in [0.717, 1.165) is 45.0 Å². The van der Waals surface area contributed by atoms with Crippen molar-refractivity contribution in [3.05, 3.63) is 23.9 Å². The molecule has 0 aliphatic carbocycles. The number of hydrogen-bond acceptors (Lipinski definition) is 5. The Hall–Kier alpha value is -1.64. The summed E-state index contributed by atoms with van der Waals surface area (Å²) in [5.74, 6) is 1.61. The van der Waals surface area contributed by atoms with Gasteiger partial charge in [-0.2, -0.15) is 5.26 Å². The van der Waals surface area contributed by atoms with E-state index >= 15 is 0 Å². The zero-order chi connectivity index (χ0) is 14.7. The minimum atomic E-state index is -0.134. The molecule has 1 aromatic heterocycles. The second kappa shape index (κ2) is 6.42. The molecule has 1 N–H and O–H groups in total. The minimum absolute atomic E-state index is 0.134. The molecule has 3 heterocycles. The van der Waals surface area contributed by atoms with Crippen LogP contribution in [0.4, 0.5) is 5.82 Å². The van der Waals surface area contributed by atoms with E-state index in [-0.39, 0.29) is 6.10 Å². The van der Waals surface area contributed by atoms with Crippen molar-refractivity contribution in [2.45, 2.75) is 25.4 Å². The van der Waals surface area contributed by atoms with E-state index in [9.17, 15) is 5.11 Å². The van der Waals surface area contributed by atoms with Crippen molar-refractivity contribution in [2.75, 3.05) is 37.6 Å². The van der Waals surface area contributed by atoms with Crippen molar-refractivity contribution in [1.82, 2.24) is 9.88 Å². The van der Waals surface area contributed by atoms with Crippen LogP contribution in [0.15, 0.2) is 18.3 Å². The zero-order valence-electron chi connectivity index (χ0n) is 12.3. The van der Waals surface area contributed by atoms with Crippen LogP contribution in [0, 0.1) is 17.2 Å². The number of aromatic nitrogens is 1. The summed E-state index contributed by atoms with van der Waals surface area (Å²) in [6.45, 7) is 4.98. The molecule has 0 radical (unpaired) electrons. The van der Waals surface area contributed by atoms with E-state index in [0.29, 0.717) is 11.5 Å². The molecule has 2 aliphatic heterocycles.